The number of alkyl carbamates (subject to hydrolysis) is 1. The van der Waals surface area contributed by atoms with Gasteiger partial charge in [-0.1, -0.05) is 32.1 Å². The van der Waals surface area contributed by atoms with Gasteiger partial charge >= 0.3 is 18.0 Å². The minimum absolute atomic E-state index is 0.148. The smallest absolute Gasteiger partial charge is 0.407 e. The molecule has 1 aromatic heterocycles. The van der Waals surface area contributed by atoms with Gasteiger partial charge in [-0.15, -0.1) is 0 Å². The summed E-state index contributed by atoms with van der Waals surface area (Å²) in [6, 6.07) is 3.32. The topological polar surface area (TPSA) is 188 Å². The van der Waals surface area contributed by atoms with Crippen molar-refractivity contribution in [3.8, 4) is 0 Å². The minimum Gasteiger partial charge on any atom is -0.456 e. The second kappa shape index (κ2) is 14.2. The molecule has 2 aliphatic heterocycles. The first-order valence-corrected chi connectivity index (χ1v) is 15.3. The molecule has 5 N–H and O–H groups in total. The van der Waals surface area contributed by atoms with Crippen LogP contribution in [0, 0.1) is 23.7 Å². The predicted molar refractivity (Wildman–Crippen MR) is 161 cm³/mol. The minimum atomic E-state index is -0.954. The summed E-state index contributed by atoms with van der Waals surface area (Å²) in [6.45, 7) is 8.47. The largest absolute Gasteiger partial charge is 0.456 e. The van der Waals surface area contributed by atoms with Crippen LogP contribution < -0.4 is 11.1 Å². The molecular weight excluding hydrogens is 586 g/mol. The SMILES string of the molecule is CO[C@H]1CC2C=C[C@@H]3C[C@]2(O[C@H]3[C@H](OC(=O)c2ccc[nH]2)[C@H](C)[C@H](C)O)/C(C)=C/[C@@H](C)[C@@H]([C@@H](C)OC(=O)NCC(N)=O)OC1=O. The number of cyclic esters (lactones) is 1. The molecule has 2 bridgehead atoms. The zero-order chi connectivity index (χ0) is 33.1. The van der Waals surface area contributed by atoms with Crippen molar-refractivity contribution in [2.45, 2.75) is 89.7 Å². The molecule has 11 atom stereocenters. The van der Waals surface area contributed by atoms with Gasteiger partial charge in [0.1, 0.15) is 30.1 Å². The molecule has 248 valence electrons. The predicted octanol–water partition coefficient (Wildman–Crippen LogP) is 2.40. The number of hydrogen-bond acceptors (Lipinski definition) is 10. The van der Waals surface area contributed by atoms with Gasteiger partial charge in [0.25, 0.3) is 0 Å². The van der Waals surface area contributed by atoms with Gasteiger partial charge in [0.2, 0.25) is 5.91 Å². The van der Waals surface area contributed by atoms with Crippen LogP contribution in [0.4, 0.5) is 4.79 Å². The van der Waals surface area contributed by atoms with E-state index in [1.807, 2.05) is 39.0 Å². The van der Waals surface area contributed by atoms with E-state index >= 15 is 0 Å². The fourth-order valence-electron chi connectivity index (χ4n) is 6.64. The summed E-state index contributed by atoms with van der Waals surface area (Å²) in [7, 11) is 1.43. The lowest BCUT2D eigenvalue weighted by atomic mass is 9.69. The number of rotatable bonds is 10. The molecule has 2 amide bonds. The molecule has 1 spiro atoms. The summed E-state index contributed by atoms with van der Waals surface area (Å²) in [5.41, 5.74) is 5.39. The van der Waals surface area contributed by atoms with E-state index in [1.54, 1.807) is 32.2 Å². The number of carbonyl (C=O) groups is 4. The van der Waals surface area contributed by atoms with Crippen molar-refractivity contribution in [2.75, 3.05) is 13.7 Å². The zero-order valence-corrected chi connectivity index (χ0v) is 26.6. The number of nitrogens with two attached hydrogens (primary N) is 1. The van der Waals surface area contributed by atoms with Crippen LogP contribution in [0.2, 0.25) is 0 Å². The van der Waals surface area contributed by atoms with Crippen LogP contribution in [-0.2, 0) is 33.3 Å². The molecule has 1 aliphatic carbocycles. The molecule has 3 aliphatic rings. The van der Waals surface area contributed by atoms with E-state index in [-0.39, 0.29) is 18.3 Å². The zero-order valence-electron chi connectivity index (χ0n) is 26.6. The maximum Gasteiger partial charge on any atom is 0.407 e. The Kier molecular flexibility index (Phi) is 10.8. The highest BCUT2D eigenvalue weighted by Crippen LogP contribution is 2.53. The molecule has 0 aromatic carbocycles. The van der Waals surface area contributed by atoms with Gasteiger partial charge in [0.15, 0.2) is 6.10 Å². The van der Waals surface area contributed by atoms with Gasteiger partial charge < -0.3 is 44.8 Å². The maximum atomic E-state index is 13.4. The second-order valence-electron chi connectivity index (χ2n) is 12.4. The van der Waals surface area contributed by atoms with E-state index in [2.05, 4.69) is 10.3 Å². The number of fused-ring (bicyclic) bond motifs is 1. The lowest BCUT2D eigenvalue weighted by molar-refractivity contribution is -0.172. The van der Waals surface area contributed by atoms with Gasteiger partial charge in [-0.2, -0.15) is 0 Å². The Hall–Kier alpha value is -3.68. The molecule has 1 fully saturated rings. The first kappa shape index (κ1) is 34.2. The molecule has 1 unspecified atom stereocenters. The summed E-state index contributed by atoms with van der Waals surface area (Å²) < 4.78 is 29.9. The third-order valence-corrected chi connectivity index (χ3v) is 9.29. The number of H-pyrrole nitrogens is 1. The molecule has 0 saturated carbocycles. The Morgan fingerprint density at radius 2 is 1.93 bits per heavy atom. The average molecular weight is 632 g/mol. The first-order chi connectivity index (χ1) is 21.3. The summed E-state index contributed by atoms with van der Waals surface area (Å²) >= 11 is 0. The van der Waals surface area contributed by atoms with E-state index in [4.69, 9.17) is 29.4 Å². The Balaban J connectivity index is 1.67. The summed E-state index contributed by atoms with van der Waals surface area (Å²) in [5, 5.41) is 12.9. The Labute approximate surface area is 262 Å². The van der Waals surface area contributed by atoms with Gasteiger partial charge in [-0.25, -0.2) is 14.4 Å². The van der Waals surface area contributed by atoms with Crippen molar-refractivity contribution < 1.29 is 48.0 Å². The second-order valence-corrected chi connectivity index (χ2v) is 12.4. The van der Waals surface area contributed by atoms with Crippen molar-refractivity contribution in [1.29, 1.82) is 0 Å². The molecule has 1 aromatic rings. The number of carbonyl (C=O) groups excluding carboxylic acids is 4. The maximum absolute atomic E-state index is 13.4. The number of aliphatic hydroxyl groups is 1. The number of hydrogen-bond donors (Lipinski definition) is 4. The van der Waals surface area contributed by atoms with Gasteiger partial charge in [0.05, 0.1) is 18.2 Å². The Morgan fingerprint density at radius 1 is 1.20 bits per heavy atom. The highest BCUT2D eigenvalue weighted by Gasteiger charge is 2.57. The molecule has 4 rings (SSSR count). The van der Waals surface area contributed by atoms with Gasteiger partial charge in [-0.05, 0) is 51.3 Å². The van der Waals surface area contributed by atoms with Crippen LogP contribution in [0.5, 0.6) is 0 Å². The Morgan fingerprint density at radius 3 is 2.56 bits per heavy atom. The third kappa shape index (κ3) is 7.42. The molecule has 13 nitrogen and oxygen atoms in total. The van der Waals surface area contributed by atoms with Crippen molar-refractivity contribution >= 4 is 23.9 Å². The fourth-order valence-corrected chi connectivity index (χ4v) is 6.64. The lowest BCUT2D eigenvalue weighted by Crippen LogP contribution is -2.48. The van der Waals surface area contributed by atoms with Crippen LogP contribution in [0.15, 0.2) is 42.1 Å². The summed E-state index contributed by atoms with van der Waals surface area (Å²) in [5.74, 6) is -3.22. The number of primary amides is 1. The van der Waals surface area contributed by atoms with E-state index in [0.717, 1.165) is 5.57 Å². The lowest BCUT2D eigenvalue weighted by Gasteiger charge is -2.41. The van der Waals surface area contributed by atoms with Crippen molar-refractivity contribution in [3.63, 3.8) is 0 Å². The molecule has 0 radical (unpaired) electrons. The summed E-state index contributed by atoms with van der Waals surface area (Å²) in [6.07, 6.45) is 2.67. The van der Waals surface area contributed by atoms with Crippen molar-refractivity contribution in [2.24, 2.45) is 29.4 Å². The van der Waals surface area contributed by atoms with Crippen LogP contribution >= 0.6 is 0 Å². The molecular formula is C32H45N3O10. The van der Waals surface area contributed by atoms with Crippen LogP contribution in [0.3, 0.4) is 0 Å². The Bertz CT molecular complexity index is 1290. The van der Waals surface area contributed by atoms with Gasteiger partial charge in [-0.3, -0.25) is 4.79 Å². The quantitative estimate of drug-likeness (QED) is 0.170. The number of aliphatic hydroxyl groups excluding tert-OH is 1. The van der Waals surface area contributed by atoms with E-state index in [0.29, 0.717) is 12.1 Å². The first-order valence-electron chi connectivity index (χ1n) is 15.3. The standard InChI is InChI=1S/C32H45N3O10/c1-16-12-17(2)32-14-21(28(45-32)27(18(3)19(4)36)44-29(38)23-8-7-11-34-23)9-10-22(32)13-24(41-6)30(39)43-26(16)20(5)42-31(40)35-15-25(33)37/h7-12,16,18-22,24,26-28,34,36H,13-15H2,1-6H3,(H2,33,37)(H,35,40)/b17-12+/t16-,18-,19+,20-,21-,22?,24+,26+,27-,28-,32+/m1/s1. The van der Waals surface area contributed by atoms with E-state index in [1.165, 1.54) is 7.11 Å². The van der Waals surface area contributed by atoms with E-state index < -0.39 is 84.5 Å². The van der Waals surface area contributed by atoms with Gasteiger partial charge in [0, 0.05) is 37.0 Å². The molecule has 1 saturated heterocycles. The number of methoxy groups -OCH3 is 1. The van der Waals surface area contributed by atoms with Crippen LogP contribution in [0.1, 0.15) is 57.9 Å². The van der Waals surface area contributed by atoms with Crippen molar-refractivity contribution in [1.82, 2.24) is 10.3 Å². The van der Waals surface area contributed by atoms with E-state index in [9.17, 15) is 24.3 Å². The third-order valence-electron chi connectivity index (χ3n) is 9.29. The monoisotopic (exact) mass is 631 g/mol. The number of aromatic nitrogens is 1. The van der Waals surface area contributed by atoms with Crippen LogP contribution in [-0.4, -0.2) is 89.9 Å². The molecule has 3 heterocycles. The normalized spacial score (nSPS) is 33.3. The average Bonchev–Trinajstić information content (AvgIpc) is 3.64. The highest BCUT2D eigenvalue weighted by atomic mass is 16.6. The summed E-state index contributed by atoms with van der Waals surface area (Å²) in [4.78, 5) is 52.7. The van der Waals surface area contributed by atoms with Crippen molar-refractivity contribution in [3.05, 3.63) is 47.8 Å². The number of nitrogens with one attached hydrogen (secondary N) is 2. The number of ether oxygens (including phenoxy) is 5. The number of esters is 2. The number of aromatic amines is 1. The fraction of sp³-hybridized carbons (Fsp3) is 0.625. The number of amides is 2. The highest BCUT2D eigenvalue weighted by molar-refractivity contribution is 5.87. The van der Waals surface area contributed by atoms with Crippen LogP contribution in [0.25, 0.3) is 0 Å². The molecule has 45 heavy (non-hydrogen) atoms. The molecule has 13 heteroatoms.